The molecule has 0 N–H and O–H groups in total. The summed E-state index contributed by atoms with van der Waals surface area (Å²) in [5.41, 5.74) is 2.66. The van der Waals surface area contributed by atoms with E-state index >= 15 is 0 Å². The third kappa shape index (κ3) is 6.12. The maximum atomic E-state index is 14.2. The Hall–Kier alpha value is -4.63. The van der Waals surface area contributed by atoms with Crippen LogP contribution in [0.15, 0.2) is 88.2 Å². The van der Waals surface area contributed by atoms with Crippen LogP contribution in [0.3, 0.4) is 0 Å². The van der Waals surface area contributed by atoms with Gasteiger partial charge in [0.05, 0.1) is 48.3 Å². The van der Waals surface area contributed by atoms with Crippen molar-refractivity contribution in [3.63, 3.8) is 0 Å². The van der Waals surface area contributed by atoms with Crippen molar-refractivity contribution in [3.8, 4) is 17.2 Å². The summed E-state index contributed by atoms with van der Waals surface area (Å²) in [6.45, 7) is 8.24. The highest BCUT2D eigenvalue weighted by molar-refractivity contribution is 7.07. The maximum absolute atomic E-state index is 14.2. The Morgan fingerprint density at radius 1 is 1.00 bits per heavy atom. The van der Waals surface area contributed by atoms with Crippen molar-refractivity contribution in [2.45, 2.75) is 39.8 Å². The number of esters is 1. The van der Waals surface area contributed by atoms with Crippen LogP contribution >= 0.6 is 11.3 Å². The van der Waals surface area contributed by atoms with Gasteiger partial charge in [0.25, 0.3) is 5.56 Å². The van der Waals surface area contributed by atoms with E-state index in [4.69, 9.17) is 23.9 Å². The summed E-state index contributed by atoms with van der Waals surface area (Å²) in [6.07, 6.45) is 1.68. The molecule has 0 saturated carbocycles. The minimum atomic E-state index is -0.778. The van der Waals surface area contributed by atoms with E-state index in [0.717, 1.165) is 11.1 Å². The fourth-order valence-corrected chi connectivity index (χ4v) is 5.97. The van der Waals surface area contributed by atoms with Crippen LogP contribution in [0, 0.1) is 0 Å². The van der Waals surface area contributed by atoms with E-state index in [1.165, 1.54) is 11.3 Å². The zero-order chi connectivity index (χ0) is 30.5. The molecule has 0 unspecified atom stereocenters. The van der Waals surface area contributed by atoms with Gasteiger partial charge in [0.2, 0.25) is 0 Å². The van der Waals surface area contributed by atoms with Gasteiger partial charge in [0, 0.05) is 11.1 Å². The number of methoxy groups -OCH3 is 1. The van der Waals surface area contributed by atoms with Gasteiger partial charge in [-0.2, -0.15) is 0 Å². The monoisotopic (exact) mass is 598 g/mol. The molecule has 2 heterocycles. The first-order valence-corrected chi connectivity index (χ1v) is 15.0. The Bertz CT molecular complexity index is 1820. The van der Waals surface area contributed by atoms with E-state index in [2.05, 4.69) is 0 Å². The molecular formula is C34H34N2O6S. The fraction of sp³-hybridized carbons (Fsp3) is 0.265. The number of ether oxygens (including phenoxy) is 4. The van der Waals surface area contributed by atoms with Crippen LogP contribution in [-0.4, -0.2) is 37.0 Å². The second-order valence-electron chi connectivity index (χ2n) is 9.98. The minimum Gasteiger partial charge on any atom is -0.494 e. The summed E-state index contributed by atoms with van der Waals surface area (Å²) in [5.74, 6) is 1.28. The van der Waals surface area contributed by atoms with Crippen LogP contribution in [-0.2, 0) is 9.53 Å². The maximum Gasteiger partial charge on any atom is 0.338 e. The molecule has 222 valence electrons. The number of carbonyl (C=O) groups excluding carboxylic acids is 1. The molecule has 1 aromatic heterocycles. The van der Waals surface area contributed by atoms with Crippen molar-refractivity contribution in [1.82, 2.24) is 4.57 Å². The van der Waals surface area contributed by atoms with Gasteiger partial charge in [-0.3, -0.25) is 9.36 Å². The predicted molar refractivity (Wildman–Crippen MR) is 167 cm³/mol. The van der Waals surface area contributed by atoms with Gasteiger partial charge in [-0.05, 0) is 57.5 Å². The van der Waals surface area contributed by atoms with Crippen LogP contribution < -0.4 is 29.1 Å². The molecule has 0 aliphatic carbocycles. The average Bonchev–Trinajstić information content (AvgIpc) is 3.32. The number of benzene rings is 3. The molecule has 0 bridgehead atoms. The van der Waals surface area contributed by atoms with Crippen molar-refractivity contribution in [1.29, 1.82) is 0 Å². The summed E-state index contributed by atoms with van der Waals surface area (Å²) in [4.78, 5) is 33.3. The smallest absolute Gasteiger partial charge is 0.338 e. The second-order valence-corrected chi connectivity index (χ2v) is 11.0. The zero-order valence-corrected chi connectivity index (χ0v) is 25.6. The number of carbonyl (C=O) groups is 1. The standard InChI is InChI=1S/C34H34N2O6S/c1-6-40-25-18-16-23(17-19-25)30-28(33(38)41-7-2)29(22-12-9-8-10-13-22)35-34-36(30)32(37)27(43-34)20-24-14-11-15-26(39-5)31(24)42-21(3)4/h8-21,30H,6-7H2,1-5H3/b27-20-/t30-/m1/s1. The molecule has 0 spiro atoms. The molecule has 1 aliphatic rings. The highest BCUT2D eigenvalue weighted by Crippen LogP contribution is 2.36. The minimum absolute atomic E-state index is 0.107. The molecule has 4 aromatic rings. The molecule has 0 radical (unpaired) electrons. The summed E-state index contributed by atoms with van der Waals surface area (Å²) in [7, 11) is 1.58. The molecule has 8 nitrogen and oxygen atoms in total. The van der Waals surface area contributed by atoms with Crippen molar-refractivity contribution in [2.75, 3.05) is 20.3 Å². The van der Waals surface area contributed by atoms with Gasteiger partial charge in [-0.1, -0.05) is 65.9 Å². The molecule has 1 aliphatic heterocycles. The molecule has 43 heavy (non-hydrogen) atoms. The lowest BCUT2D eigenvalue weighted by atomic mass is 9.93. The Morgan fingerprint density at radius 3 is 2.40 bits per heavy atom. The van der Waals surface area contributed by atoms with E-state index in [-0.39, 0.29) is 18.3 Å². The van der Waals surface area contributed by atoms with Gasteiger partial charge in [-0.15, -0.1) is 0 Å². The summed E-state index contributed by atoms with van der Waals surface area (Å²) in [5, 5.41) is 0. The van der Waals surface area contributed by atoms with Gasteiger partial charge in [0.15, 0.2) is 16.3 Å². The predicted octanol–water partition coefficient (Wildman–Crippen LogP) is 5.13. The molecule has 0 saturated heterocycles. The van der Waals surface area contributed by atoms with Crippen molar-refractivity contribution < 1.29 is 23.7 Å². The van der Waals surface area contributed by atoms with Crippen molar-refractivity contribution in [3.05, 3.63) is 115 Å². The number of rotatable bonds is 10. The largest absolute Gasteiger partial charge is 0.494 e. The Morgan fingerprint density at radius 2 is 1.74 bits per heavy atom. The number of thiazole rings is 1. The van der Waals surface area contributed by atoms with Gasteiger partial charge in [-0.25, -0.2) is 9.79 Å². The molecule has 3 aromatic carbocycles. The Balaban J connectivity index is 1.80. The first-order valence-electron chi connectivity index (χ1n) is 14.2. The van der Waals surface area contributed by atoms with E-state index in [9.17, 15) is 9.59 Å². The van der Waals surface area contributed by atoms with Crippen molar-refractivity contribution >= 4 is 29.1 Å². The first-order chi connectivity index (χ1) is 20.9. The quantitative estimate of drug-likeness (QED) is 0.235. The highest BCUT2D eigenvalue weighted by Gasteiger charge is 2.35. The first kappa shape index (κ1) is 29.8. The molecule has 5 rings (SSSR count). The molecule has 1 atom stereocenters. The average molecular weight is 599 g/mol. The molecular weight excluding hydrogens is 564 g/mol. The number of aromatic nitrogens is 1. The van der Waals surface area contributed by atoms with E-state index in [1.807, 2.05) is 93.6 Å². The second kappa shape index (κ2) is 13.1. The van der Waals surface area contributed by atoms with E-state index in [0.29, 0.717) is 50.0 Å². The third-order valence-corrected chi connectivity index (χ3v) is 7.73. The summed E-state index contributed by atoms with van der Waals surface area (Å²) in [6, 6.07) is 21.7. The number of hydrogen-bond donors (Lipinski definition) is 0. The van der Waals surface area contributed by atoms with E-state index < -0.39 is 12.0 Å². The SMILES string of the molecule is CCOC(=O)C1=C(c2ccccc2)N=c2s/c(=C\c3cccc(OC)c3OC(C)C)c(=O)n2[C@@H]1c1ccc(OCC)cc1. The lowest BCUT2D eigenvalue weighted by molar-refractivity contribution is -0.138. The highest BCUT2D eigenvalue weighted by atomic mass is 32.1. The summed E-state index contributed by atoms with van der Waals surface area (Å²) >= 11 is 1.25. The van der Waals surface area contributed by atoms with Crippen LogP contribution in [0.25, 0.3) is 11.8 Å². The molecule has 0 amide bonds. The lowest BCUT2D eigenvalue weighted by Crippen LogP contribution is -2.40. The topological polar surface area (TPSA) is 88.4 Å². The fourth-order valence-electron chi connectivity index (χ4n) is 4.98. The van der Waals surface area contributed by atoms with Crippen molar-refractivity contribution in [2.24, 2.45) is 4.99 Å². The normalized spacial score (nSPS) is 14.7. The third-order valence-electron chi connectivity index (χ3n) is 6.75. The molecule has 9 heteroatoms. The molecule has 0 fully saturated rings. The van der Waals surface area contributed by atoms with Gasteiger partial charge in [0.1, 0.15) is 5.75 Å². The van der Waals surface area contributed by atoms with Crippen LogP contribution in [0.2, 0.25) is 0 Å². The van der Waals surface area contributed by atoms with Crippen LogP contribution in [0.5, 0.6) is 17.2 Å². The van der Waals surface area contributed by atoms with Crippen LogP contribution in [0.4, 0.5) is 0 Å². The van der Waals surface area contributed by atoms with Gasteiger partial charge >= 0.3 is 5.97 Å². The number of fused-ring (bicyclic) bond motifs is 1. The van der Waals surface area contributed by atoms with E-state index in [1.54, 1.807) is 24.7 Å². The van der Waals surface area contributed by atoms with Crippen LogP contribution in [0.1, 0.15) is 50.4 Å². The Labute approximate surface area is 254 Å². The number of nitrogens with zero attached hydrogens (tertiary/aromatic N) is 2. The zero-order valence-electron chi connectivity index (χ0n) is 24.8. The number of para-hydroxylation sites is 1. The Kier molecular flexibility index (Phi) is 9.11. The lowest BCUT2D eigenvalue weighted by Gasteiger charge is -2.26. The summed E-state index contributed by atoms with van der Waals surface area (Å²) < 4.78 is 24.9. The van der Waals surface area contributed by atoms with Gasteiger partial charge < -0.3 is 18.9 Å². The number of hydrogen-bond acceptors (Lipinski definition) is 8.